The van der Waals surface area contributed by atoms with E-state index in [1.807, 2.05) is 61.5 Å². The van der Waals surface area contributed by atoms with Gasteiger partial charge in [-0.25, -0.2) is 24.5 Å². The number of hydrogen-bond donors (Lipinski definition) is 4. The maximum Gasteiger partial charge on any atom is 0.407 e. The predicted octanol–water partition coefficient (Wildman–Crippen LogP) is 5.93. The number of nitrogens with one attached hydrogen (secondary N) is 4. The number of amides is 4. The molecule has 2 saturated heterocycles. The minimum absolute atomic E-state index is 0.107. The summed E-state index contributed by atoms with van der Waals surface area (Å²) >= 11 is 1.57. The van der Waals surface area contributed by atoms with E-state index in [1.54, 1.807) is 28.6 Å². The van der Waals surface area contributed by atoms with Crippen molar-refractivity contribution in [2.45, 2.75) is 77.5 Å². The van der Waals surface area contributed by atoms with Gasteiger partial charge in [-0.3, -0.25) is 14.0 Å². The number of carbonyl (C=O) groups excluding carboxylic acids is 4. The zero-order chi connectivity index (χ0) is 39.7. The molecule has 0 bridgehead atoms. The van der Waals surface area contributed by atoms with Gasteiger partial charge < -0.3 is 39.9 Å². The van der Waals surface area contributed by atoms with Gasteiger partial charge in [0.25, 0.3) is 0 Å². The fraction of sp³-hybridized carbons (Fsp3) is 0.462. The van der Waals surface area contributed by atoms with E-state index in [0.717, 1.165) is 63.9 Å². The van der Waals surface area contributed by atoms with Crippen molar-refractivity contribution in [3.63, 3.8) is 0 Å². The quantitative estimate of drug-likeness (QED) is 0.126. The third kappa shape index (κ3) is 7.72. The molecule has 2 fully saturated rings. The van der Waals surface area contributed by atoms with E-state index in [-0.39, 0.29) is 35.7 Å². The molecule has 2 aliphatic rings. The summed E-state index contributed by atoms with van der Waals surface area (Å²) in [4.78, 5) is 77.5. The normalized spacial score (nSPS) is 18.1. The number of rotatable bonds is 11. The average Bonchev–Trinajstić information content (AvgIpc) is 4.04. The topological polar surface area (TPSA) is 192 Å². The van der Waals surface area contributed by atoms with E-state index in [4.69, 9.17) is 14.5 Å². The molecule has 296 valence electrons. The molecule has 56 heavy (non-hydrogen) atoms. The van der Waals surface area contributed by atoms with Crippen LogP contribution in [0.4, 0.5) is 9.59 Å². The molecule has 17 heteroatoms. The number of H-pyrrole nitrogens is 2. The van der Waals surface area contributed by atoms with Gasteiger partial charge in [-0.1, -0.05) is 63.3 Å². The molecule has 6 heterocycles. The lowest BCUT2D eigenvalue weighted by Gasteiger charge is -2.30. The zero-order valence-corrected chi connectivity index (χ0v) is 33.2. The van der Waals surface area contributed by atoms with Crippen LogP contribution in [0.1, 0.15) is 77.0 Å². The number of imidazole rings is 3. The Bertz CT molecular complexity index is 2170. The number of carbonyl (C=O) groups is 4. The van der Waals surface area contributed by atoms with Crippen molar-refractivity contribution >= 4 is 40.3 Å². The summed E-state index contributed by atoms with van der Waals surface area (Å²) in [5.74, 6) is 0.839. The van der Waals surface area contributed by atoms with Crippen molar-refractivity contribution in [2.24, 2.45) is 11.8 Å². The smallest absolute Gasteiger partial charge is 0.407 e. The molecule has 0 spiro atoms. The van der Waals surface area contributed by atoms with Crippen LogP contribution in [0.15, 0.2) is 49.1 Å². The van der Waals surface area contributed by atoms with E-state index in [1.165, 1.54) is 14.2 Å². The molecule has 1 unspecified atom stereocenters. The molecule has 4 N–H and O–H groups in total. The Labute approximate surface area is 328 Å². The number of nitrogens with zero attached hydrogens (tertiary/aromatic N) is 6. The fourth-order valence-corrected chi connectivity index (χ4v) is 8.54. The molecule has 4 aromatic heterocycles. The molecular weight excluding hydrogens is 737 g/mol. The number of fused-ring (bicyclic) bond motifs is 1. The Balaban J connectivity index is 1.02. The summed E-state index contributed by atoms with van der Waals surface area (Å²) in [6, 6.07) is 6.45. The van der Waals surface area contributed by atoms with Crippen LogP contribution in [0.25, 0.3) is 38.2 Å². The number of ether oxygens (including phenoxy) is 2. The van der Waals surface area contributed by atoms with Crippen molar-refractivity contribution in [1.82, 2.24) is 49.8 Å². The van der Waals surface area contributed by atoms with Crippen molar-refractivity contribution in [3.8, 4) is 33.2 Å². The maximum absolute atomic E-state index is 13.5. The molecule has 5 aromatic rings. The van der Waals surface area contributed by atoms with Gasteiger partial charge in [0.15, 0.2) is 10.8 Å². The molecule has 2 aliphatic heterocycles. The Morgan fingerprint density at radius 1 is 0.786 bits per heavy atom. The molecule has 0 aliphatic carbocycles. The fourth-order valence-electron chi connectivity index (χ4n) is 7.57. The van der Waals surface area contributed by atoms with Gasteiger partial charge >= 0.3 is 12.2 Å². The number of thiazole rings is 1. The molecule has 1 aromatic carbocycles. The van der Waals surface area contributed by atoms with E-state index in [2.05, 4.69) is 42.7 Å². The van der Waals surface area contributed by atoms with Gasteiger partial charge in [-0.2, -0.15) is 0 Å². The van der Waals surface area contributed by atoms with Crippen molar-refractivity contribution < 1.29 is 28.7 Å². The summed E-state index contributed by atoms with van der Waals surface area (Å²) in [5.41, 5.74) is 4.39. The molecular formula is C39H48N10O6S. The summed E-state index contributed by atoms with van der Waals surface area (Å²) in [6.07, 6.45) is 9.56. The third-order valence-electron chi connectivity index (χ3n) is 10.6. The van der Waals surface area contributed by atoms with Gasteiger partial charge in [-0.15, -0.1) is 0 Å². The Kier molecular flexibility index (Phi) is 11.1. The predicted molar refractivity (Wildman–Crippen MR) is 209 cm³/mol. The van der Waals surface area contributed by atoms with Crippen LogP contribution in [-0.2, 0) is 19.1 Å². The summed E-state index contributed by atoms with van der Waals surface area (Å²) < 4.78 is 11.5. The average molecular weight is 785 g/mol. The highest BCUT2D eigenvalue weighted by molar-refractivity contribution is 7.20. The molecule has 4 amide bonds. The summed E-state index contributed by atoms with van der Waals surface area (Å²) in [7, 11) is 2.57. The monoisotopic (exact) mass is 784 g/mol. The van der Waals surface area contributed by atoms with Crippen molar-refractivity contribution in [2.75, 3.05) is 27.3 Å². The van der Waals surface area contributed by atoms with E-state index >= 15 is 0 Å². The standard InChI is InChI=1S/C39H48N10O6S/c1-21(2)31(45-38(52)54-5)35(50)48-15-7-9-28(48)26-18-40-33(43-26)27-19-47-20-30(56-37(47)44-27)24-13-11-23(12-14-24)25-17-41-34(42-25)29-10-8-16-49(29)36(51)32(22(3)4)46-39(53)55-6/h11-14,17-22,28-29,31-32H,7-10,15-16H2,1-6H3,(H,40,43)(H,41,42)(H,45,52)(H,46,53)/t28?,29-,31-,32-/m0/s1. The second kappa shape index (κ2) is 16.2. The van der Waals surface area contributed by atoms with Gasteiger partial charge in [0.1, 0.15) is 23.6 Å². The van der Waals surface area contributed by atoms with Crippen LogP contribution >= 0.6 is 11.3 Å². The molecule has 7 rings (SSSR count). The van der Waals surface area contributed by atoms with Crippen LogP contribution in [0, 0.1) is 11.8 Å². The van der Waals surface area contributed by atoms with Crippen molar-refractivity contribution in [3.05, 3.63) is 60.6 Å². The second-order valence-corrected chi connectivity index (χ2v) is 16.0. The van der Waals surface area contributed by atoms with Gasteiger partial charge in [-0.05, 0) is 48.6 Å². The SMILES string of the molecule is COC(=O)N[C@H](C(=O)N1CCCC1c1cnc(-c2cn3cc(-c4ccc(-c5cnc([C@@H]6CCCN6C(=O)[C@@H](NC(=O)OC)C(C)C)[nH]5)cc4)sc3n2)[nH]1)C(C)C. The zero-order valence-electron chi connectivity index (χ0n) is 32.4. The number of hydrogen-bond acceptors (Lipinski definition) is 10. The number of aromatic amines is 2. The highest BCUT2D eigenvalue weighted by Crippen LogP contribution is 2.36. The van der Waals surface area contributed by atoms with Crippen LogP contribution in [-0.4, -0.2) is 103 Å². The number of alkyl carbamates (subject to hydrolysis) is 2. The first-order valence-corrected chi connectivity index (χ1v) is 19.8. The Morgan fingerprint density at radius 3 is 1.96 bits per heavy atom. The van der Waals surface area contributed by atoms with Crippen LogP contribution in [0.3, 0.4) is 0 Å². The minimum atomic E-state index is -0.691. The molecule has 0 saturated carbocycles. The van der Waals surface area contributed by atoms with Crippen molar-refractivity contribution in [1.29, 1.82) is 0 Å². The highest BCUT2D eigenvalue weighted by Gasteiger charge is 2.39. The summed E-state index contributed by atoms with van der Waals surface area (Å²) in [6.45, 7) is 8.78. The van der Waals surface area contributed by atoms with Gasteiger partial charge in [0.2, 0.25) is 11.8 Å². The second-order valence-electron chi connectivity index (χ2n) is 15.0. The summed E-state index contributed by atoms with van der Waals surface area (Å²) in [5, 5.41) is 5.39. The molecule has 16 nitrogen and oxygen atoms in total. The Morgan fingerprint density at radius 2 is 1.38 bits per heavy atom. The first-order chi connectivity index (χ1) is 26.9. The number of likely N-dealkylation sites (tertiary alicyclic amines) is 2. The van der Waals surface area contributed by atoms with Gasteiger partial charge in [0.05, 0.1) is 55.0 Å². The Hall–Kier alpha value is -5.71. The lowest BCUT2D eigenvalue weighted by Crippen LogP contribution is -2.51. The van der Waals surface area contributed by atoms with Crippen LogP contribution in [0.5, 0.6) is 0 Å². The highest BCUT2D eigenvalue weighted by atomic mass is 32.1. The largest absolute Gasteiger partial charge is 0.453 e. The van der Waals surface area contributed by atoms with E-state index in [0.29, 0.717) is 24.6 Å². The minimum Gasteiger partial charge on any atom is -0.453 e. The molecule has 4 atom stereocenters. The lowest BCUT2D eigenvalue weighted by atomic mass is 10.0. The first kappa shape index (κ1) is 38.6. The van der Waals surface area contributed by atoms with Crippen LogP contribution in [0.2, 0.25) is 0 Å². The van der Waals surface area contributed by atoms with Gasteiger partial charge in [0, 0.05) is 25.5 Å². The van der Waals surface area contributed by atoms with E-state index in [9.17, 15) is 19.2 Å². The molecule has 0 radical (unpaired) electrons. The third-order valence-corrected chi connectivity index (χ3v) is 11.6. The number of benzene rings is 1. The van der Waals surface area contributed by atoms with E-state index < -0.39 is 24.3 Å². The lowest BCUT2D eigenvalue weighted by molar-refractivity contribution is -0.136. The first-order valence-electron chi connectivity index (χ1n) is 18.9. The number of methoxy groups -OCH3 is 2. The van der Waals surface area contributed by atoms with Crippen LogP contribution < -0.4 is 10.6 Å². The maximum atomic E-state index is 13.5. The number of aromatic nitrogens is 6.